The molecule has 3 rings (SSSR count). The van der Waals surface area contributed by atoms with Gasteiger partial charge in [0.2, 0.25) is 0 Å². The molecule has 1 N–H and O–H groups in total. The van der Waals surface area contributed by atoms with Crippen LogP contribution >= 0.6 is 23.2 Å². The van der Waals surface area contributed by atoms with Crippen molar-refractivity contribution >= 4 is 29.0 Å². The van der Waals surface area contributed by atoms with Crippen molar-refractivity contribution in [3.8, 4) is 5.75 Å². The van der Waals surface area contributed by atoms with E-state index in [4.69, 9.17) is 32.7 Å². The molecule has 128 valence electrons. The third-order valence-electron chi connectivity index (χ3n) is 4.05. The summed E-state index contributed by atoms with van der Waals surface area (Å²) in [5.74, 6) is 1.03. The fourth-order valence-electron chi connectivity index (χ4n) is 2.84. The van der Waals surface area contributed by atoms with E-state index in [1.807, 2.05) is 24.3 Å². The van der Waals surface area contributed by atoms with Crippen LogP contribution in [0.4, 0.5) is 5.82 Å². The first-order valence-electron chi connectivity index (χ1n) is 7.86. The summed E-state index contributed by atoms with van der Waals surface area (Å²) in [6, 6.07) is 7.85. The Labute approximate surface area is 151 Å². The van der Waals surface area contributed by atoms with Gasteiger partial charge in [-0.2, -0.15) is 0 Å². The summed E-state index contributed by atoms with van der Waals surface area (Å²) in [4.78, 5) is 8.09. The van der Waals surface area contributed by atoms with E-state index >= 15 is 0 Å². The predicted molar refractivity (Wildman–Crippen MR) is 95.0 cm³/mol. The lowest BCUT2D eigenvalue weighted by atomic mass is 9.98. The van der Waals surface area contributed by atoms with Gasteiger partial charge < -0.3 is 14.8 Å². The van der Waals surface area contributed by atoms with Crippen molar-refractivity contribution in [3.63, 3.8) is 0 Å². The lowest BCUT2D eigenvalue weighted by molar-refractivity contribution is -0.0442. The second-order valence-electron chi connectivity index (χ2n) is 5.66. The van der Waals surface area contributed by atoms with Gasteiger partial charge in [-0.15, -0.1) is 0 Å². The molecule has 5 nitrogen and oxygen atoms in total. The van der Waals surface area contributed by atoms with Gasteiger partial charge in [0.25, 0.3) is 0 Å². The molecule has 1 aliphatic rings. The summed E-state index contributed by atoms with van der Waals surface area (Å²) in [6.07, 6.45) is 4.72. The van der Waals surface area contributed by atoms with Crippen LogP contribution in [-0.4, -0.2) is 29.7 Å². The molecule has 1 saturated heterocycles. The average Bonchev–Trinajstić information content (AvgIpc) is 2.61. The third kappa shape index (κ3) is 4.09. The number of methoxy groups -OCH3 is 1. The maximum atomic E-state index is 6.22. The Hall–Kier alpha value is -1.56. The van der Waals surface area contributed by atoms with E-state index < -0.39 is 0 Å². The molecule has 24 heavy (non-hydrogen) atoms. The molecule has 2 heterocycles. The number of halogens is 2. The Balaban J connectivity index is 1.62. The number of nitrogens with one attached hydrogen (secondary N) is 1. The van der Waals surface area contributed by atoms with Crippen molar-refractivity contribution in [2.24, 2.45) is 0 Å². The van der Waals surface area contributed by atoms with Gasteiger partial charge in [0, 0.05) is 11.6 Å². The van der Waals surface area contributed by atoms with Crippen LogP contribution in [0.15, 0.2) is 30.6 Å². The standard InChI is InChI=1S/C17H19Cl2N3O2/c1-23-15-16(19)21-10-22-17(15)20-9-13-3-2-4-14(24-13)11-5-7-12(18)8-6-11/h5-8,10,13-14H,2-4,9H2,1H3,(H,20,21,22). The molecule has 0 spiro atoms. The van der Waals surface area contributed by atoms with E-state index in [0.29, 0.717) is 23.3 Å². The first-order valence-corrected chi connectivity index (χ1v) is 8.62. The van der Waals surface area contributed by atoms with Gasteiger partial charge in [0.15, 0.2) is 16.7 Å². The Kier molecular flexibility index (Phi) is 5.76. The van der Waals surface area contributed by atoms with Crippen LogP contribution < -0.4 is 10.1 Å². The number of ether oxygens (including phenoxy) is 2. The molecule has 1 aliphatic heterocycles. The highest BCUT2D eigenvalue weighted by molar-refractivity contribution is 6.31. The maximum absolute atomic E-state index is 6.22. The largest absolute Gasteiger partial charge is 0.490 e. The Morgan fingerprint density at radius 2 is 2.00 bits per heavy atom. The van der Waals surface area contributed by atoms with E-state index in [-0.39, 0.29) is 12.2 Å². The molecule has 2 unspecified atom stereocenters. The Bertz CT molecular complexity index is 682. The molecule has 2 aromatic rings. The summed E-state index contributed by atoms with van der Waals surface area (Å²) in [6.45, 7) is 0.633. The molecule has 1 aromatic heterocycles. The SMILES string of the molecule is COc1c(Cl)ncnc1NCC1CCCC(c2ccc(Cl)cc2)O1. The summed E-state index contributed by atoms with van der Waals surface area (Å²) in [5, 5.41) is 4.28. The molecule has 0 amide bonds. The fourth-order valence-corrected chi connectivity index (χ4v) is 3.18. The molecular formula is C17H19Cl2N3O2. The Morgan fingerprint density at radius 3 is 2.75 bits per heavy atom. The number of benzene rings is 1. The van der Waals surface area contributed by atoms with Crippen LogP contribution in [0, 0.1) is 0 Å². The monoisotopic (exact) mass is 367 g/mol. The summed E-state index contributed by atoms with van der Waals surface area (Å²) >= 11 is 12.0. The van der Waals surface area contributed by atoms with Gasteiger partial charge in [0.05, 0.1) is 19.3 Å². The first-order chi connectivity index (χ1) is 11.7. The highest BCUT2D eigenvalue weighted by atomic mass is 35.5. The quantitative estimate of drug-likeness (QED) is 0.787. The van der Waals surface area contributed by atoms with Crippen molar-refractivity contribution < 1.29 is 9.47 Å². The van der Waals surface area contributed by atoms with Crippen molar-refractivity contribution in [2.45, 2.75) is 31.5 Å². The van der Waals surface area contributed by atoms with Gasteiger partial charge in [-0.05, 0) is 37.0 Å². The molecule has 7 heteroatoms. The van der Waals surface area contributed by atoms with Crippen molar-refractivity contribution in [1.29, 1.82) is 0 Å². The maximum Gasteiger partial charge on any atom is 0.198 e. The van der Waals surface area contributed by atoms with Crippen LogP contribution in [0.25, 0.3) is 0 Å². The smallest absolute Gasteiger partial charge is 0.198 e. The molecule has 0 saturated carbocycles. The molecule has 0 aliphatic carbocycles. The Morgan fingerprint density at radius 1 is 1.21 bits per heavy atom. The van der Waals surface area contributed by atoms with Crippen LogP contribution in [-0.2, 0) is 4.74 Å². The van der Waals surface area contributed by atoms with Gasteiger partial charge in [-0.25, -0.2) is 9.97 Å². The topological polar surface area (TPSA) is 56.3 Å². The number of hydrogen-bond acceptors (Lipinski definition) is 5. The second kappa shape index (κ2) is 8.01. The lowest BCUT2D eigenvalue weighted by Gasteiger charge is -2.30. The van der Waals surface area contributed by atoms with Crippen LogP contribution in [0.2, 0.25) is 10.2 Å². The first kappa shape index (κ1) is 17.3. The third-order valence-corrected chi connectivity index (χ3v) is 4.57. The minimum Gasteiger partial charge on any atom is -0.490 e. The van der Waals surface area contributed by atoms with Gasteiger partial charge in [-0.3, -0.25) is 0 Å². The zero-order chi connectivity index (χ0) is 16.9. The molecule has 1 fully saturated rings. The van der Waals surface area contributed by atoms with Crippen LogP contribution in [0.5, 0.6) is 5.75 Å². The fraction of sp³-hybridized carbons (Fsp3) is 0.412. The number of aromatic nitrogens is 2. The molecule has 0 bridgehead atoms. The van der Waals surface area contributed by atoms with Crippen LogP contribution in [0.1, 0.15) is 30.9 Å². The summed E-state index contributed by atoms with van der Waals surface area (Å²) < 4.78 is 11.5. The van der Waals surface area contributed by atoms with Crippen molar-refractivity contribution in [2.75, 3.05) is 19.0 Å². The minimum atomic E-state index is 0.0953. The van der Waals surface area contributed by atoms with Gasteiger partial charge in [-0.1, -0.05) is 35.3 Å². The zero-order valence-electron chi connectivity index (χ0n) is 13.3. The highest BCUT2D eigenvalue weighted by Gasteiger charge is 2.24. The summed E-state index contributed by atoms with van der Waals surface area (Å²) in [5.41, 5.74) is 1.16. The lowest BCUT2D eigenvalue weighted by Crippen LogP contribution is -2.29. The number of nitrogens with zero attached hydrogens (tertiary/aromatic N) is 2. The van der Waals surface area contributed by atoms with E-state index in [9.17, 15) is 0 Å². The van der Waals surface area contributed by atoms with Crippen molar-refractivity contribution in [1.82, 2.24) is 9.97 Å². The molecular weight excluding hydrogens is 349 g/mol. The predicted octanol–water partition coefficient (Wildman–Crippen LogP) is 4.51. The number of hydrogen-bond donors (Lipinski definition) is 1. The second-order valence-corrected chi connectivity index (χ2v) is 6.45. The normalized spacial score (nSPS) is 20.6. The van der Waals surface area contributed by atoms with E-state index in [2.05, 4.69) is 15.3 Å². The van der Waals surface area contributed by atoms with Crippen LogP contribution in [0.3, 0.4) is 0 Å². The van der Waals surface area contributed by atoms with E-state index in [1.54, 1.807) is 7.11 Å². The number of rotatable bonds is 5. The van der Waals surface area contributed by atoms with Gasteiger partial charge >= 0.3 is 0 Å². The average molecular weight is 368 g/mol. The van der Waals surface area contributed by atoms with E-state index in [0.717, 1.165) is 29.8 Å². The van der Waals surface area contributed by atoms with Crippen molar-refractivity contribution in [3.05, 3.63) is 46.3 Å². The highest BCUT2D eigenvalue weighted by Crippen LogP contribution is 2.33. The zero-order valence-corrected chi connectivity index (χ0v) is 14.8. The van der Waals surface area contributed by atoms with E-state index in [1.165, 1.54) is 6.33 Å². The van der Waals surface area contributed by atoms with Gasteiger partial charge in [0.1, 0.15) is 6.33 Å². The molecule has 2 atom stereocenters. The minimum absolute atomic E-state index is 0.0953. The molecule has 0 radical (unpaired) electrons. The molecule has 1 aromatic carbocycles. The summed E-state index contributed by atoms with van der Waals surface area (Å²) in [7, 11) is 1.55. The number of anilines is 1.